The van der Waals surface area contributed by atoms with Gasteiger partial charge in [0.2, 0.25) is 0 Å². The summed E-state index contributed by atoms with van der Waals surface area (Å²) in [4.78, 5) is 11.1. The maximum absolute atomic E-state index is 12.0. The number of sulfone groups is 1. The Morgan fingerprint density at radius 1 is 1.35 bits per heavy atom. The fourth-order valence-electron chi connectivity index (χ4n) is 1.49. The molecule has 4 nitrogen and oxygen atoms in total. The smallest absolute Gasteiger partial charge is 0.179 e. The van der Waals surface area contributed by atoms with Crippen LogP contribution < -0.4 is 4.74 Å². The van der Waals surface area contributed by atoms with E-state index in [1.165, 1.54) is 20.1 Å². The molecule has 0 fully saturated rings. The summed E-state index contributed by atoms with van der Waals surface area (Å²) in [5, 5.41) is 0. The zero-order chi connectivity index (χ0) is 13.1. The average molecular weight is 256 g/mol. The summed E-state index contributed by atoms with van der Waals surface area (Å²) in [5.41, 5.74) is 0.632. The maximum atomic E-state index is 12.0. The zero-order valence-corrected chi connectivity index (χ0v) is 11.0. The van der Waals surface area contributed by atoms with Crippen molar-refractivity contribution in [2.75, 3.05) is 12.9 Å². The highest BCUT2D eigenvalue weighted by Gasteiger charge is 2.17. The SMILES string of the molecule is COc1ccc(S(=O)(=O)CCC(C)=O)c(C)c1. The lowest BCUT2D eigenvalue weighted by Gasteiger charge is -2.08. The molecule has 0 spiro atoms. The number of carbonyl (C=O) groups excluding carboxylic acids is 1. The second-order valence-electron chi connectivity index (χ2n) is 3.90. The third kappa shape index (κ3) is 3.56. The molecule has 0 bridgehead atoms. The molecule has 1 rings (SSSR count). The summed E-state index contributed by atoms with van der Waals surface area (Å²) >= 11 is 0. The van der Waals surface area contributed by atoms with Gasteiger partial charge >= 0.3 is 0 Å². The number of carbonyl (C=O) groups is 1. The molecule has 1 aromatic rings. The number of methoxy groups -OCH3 is 1. The van der Waals surface area contributed by atoms with Crippen molar-refractivity contribution in [3.8, 4) is 5.75 Å². The summed E-state index contributed by atoms with van der Waals surface area (Å²) in [6, 6.07) is 4.79. The van der Waals surface area contributed by atoms with Crippen molar-refractivity contribution in [1.82, 2.24) is 0 Å². The highest BCUT2D eigenvalue weighted by Crippen LogP contribution is 2.22. The van der Waals surface area contributed by atoms with Crippen LogP contribution in [0, 0.1) is 6.92 Å². The van der Waals surface area contributed by atoms with E-state index in [9.17, 15) is 13.2 Å². The molecule has 0 N–H and O–H groups in total. The van der Waals surface area contributed by atoms with Crippen molar-refractivity contribution in [2.45, 2.75) is 25.2 Å². The van der Waals surface area contributed by atoms with Crippen LogP contribution >= 0.6 is 0 Å². The van der Waals surface area contributed by atoms with Crippen LogP contribution in [-0.2, 0) is 14.6 Å². The summed E-state index contributed by atoms with van der Waals surface area (Å²) in [6.07, 6.45) is 0.0494. The normalized spacial score (nSPS) is 11.2. The molecule has 17 heavy (non-hydrogen) atoms. The average Bonchev–Trinajstić information content (AvgIpc) is 2.26. The molecule has 0 heterocycles. The van der Waals surface area contributed by atoms with E-state index in [1.54, 1.807) is 19.1 Å². The molecule has 0 amide bonds. The summed E-state index contributed by atoms with van der Waals surface area (Å²) in [7, 11) is -1.86. The van der Waals surface area contributed by atoms with Crippen molar-refractivity contribution < 1.29 is 17.9 Å². The minimum absolute atomic E-state index is 0.0494. The molecular formula is C12H16O4S. The van der Waals surface area contributed by atoms with Crippen molar-refractivity contribution in [1.29, 1.82) is 0 Å². The first-order valence-corrected chi connectivity index (χ1v) is 6.89. The molecule has 0 aliphatic rings. The van der Waals surface area contributed by atoms with Gasteiger partial charge in [0.05, 0.1) is 17.8 Å². The van der Waals surface area contributed by atoms with E-state index in [4.69, 9.17) is 4.74 Å². The third-order valence-corrected chi connectivity index (χ3v) is 4.31. The molecule has 0 atom stereocenters. The van der Waals surface area contributed by atoms with E-state index in [2.05, 4.69) is 0 Å². The Hall–Kier alpha value is -1.36. The quantitative estimate of drug-likeness (QED) is 0.805. The van der Waals surface area contributed by atoms with Gasteiger partial charge < -0.3 is 4.74 Å². The monoisotopic (exact) mass is 256 g/mol. The van der Waals surface area contributed by atoms with Gasteiger partial charge in [0.15, 0.2) is 9.84 Å². The van der Waals surface area contributed by atoms with Crippen LogP contribution in [0.1, 0.15) is 18.9 Å². The van der Waals surface area contributed by atoms with Gasteiger partial charge in [-0.25, -0.2) is 8.42 Å². The number of Topliss-reactive ketones (excluding diaryl/α,β-unsaturated/α-hetero) is 1. The lowest BCUT2D eigenvalue weighted by Crippen LogP contribution is -2.11. The van der Waals surface area contributed by atoms with Crippen LogP contribution in [0.2, 0.25) is 0 Å². The van der Waals surface area contributed by atoms with Crippen LogP contribution in [0.4, 0.5) is 0 Å². The van der Waals surface area contributed by atoms with Gasteiger partial charge in [0.25, 0.3) is 0 Å². The number of ether oxygens (including phenoxy) is 1. The highest BCUT2D eigenvalue weighted by molar-refractivity contribution is 7.91. The molecule has 1 aromatic carbocycles. The Kier molecular flexibility index (Phi) is 4.28. The first-order valence-electron chi connectivity index (χ1n) is 5.23. The predicted octanol–water partition coefficient (Wildman–Crippen LogP) is 1.76. The maximum Gasteiger partial charge on any atom is 0.179 e. The number of hydrogen-bond donors (Lipinski definition) is 0. The van der Waals surface area contributed by atoms with E-state index in [-0.39, 0.29) is 22.9 Å². The first kappa shape index (κ1) is 13.7. The standard InChI is InChI=1S/C12H16O4S/c1-9-8-11(16-3)4-5-12(9)17(14,15)7-6-10(2)13/h4-5,8H,6-7H2,1-3H3. The molecule has 5 heteroatoms. The lowest BCUT2D eigenvalue weighted by atomic mass is 10.2. The minimum atomic E-state index is -3.39. The van der Waals surface area contributed by atoms with E-state index in [0.717, 1.165) is 0 Å². The Bertz CT molecular complexity index is 517. The molecule has 0 radical (unpaired) electrons. The summed E-state index contributed by atoms with van der Waals surface area (Å²) in [6.45, 7) is 3.10. The van der Waals surface area contributed by atoms with Crippen molar-refractivity contribution in [2.24, 2.45) is 0 Å². The third-order valence-electron chi connectivity index (χ3n) is 2.44. The number of ketones is 1. The predicted molar refractivity (Wildman–Crippen MR) is 65.1 cm³/mol. The number of aryl methyl sites for hydroxylation is 1. The second-order valence-corrected chi connectivity index (χ2v) is 5.98. The number of hydrogen-bond acceptors (Lipinski definition) is 4. The fraction of sp³-hybridized carbons (Fsp3) is 0.417. The topological polar surface area (TPSA) is 60.4 Å². The van der Waals surface area contributed by atoms with Crippen molar-refractivity contribution in [3.05, 3.63) is 23.8 Å². The van der Waals surface area contributed by atoms with Gasteiger partial charge in [0, 0.05) is 6.42 Å². The van der Waals surface area contributed by atoms with E-state index < -0.39 is 9.84 Å². The van der Waals surface area contributed by atoms with E-state index in [1.807, 2.05) is 0 Å². The molecule has 0 aromatic heterocycles. The summed E-state index contributed by atoms with van der Waals surface area (Å²) in [5.74, 6) is 0.350. The molecule has 0 aliphatic carbocycles. The zero-order valence-electron chi connectivity index (χ0n) is 10.2. The van der Waals surface area contributed by atoms with Crippen molar-refractivity contribution in [3.63, 3.8) is 0 Å². The largest absolute Gasteiger partial charge is 0.497 e. The molecule has 94 valence electrons. The van der Waals surface area contributed by atoms with Crippen LogP contribution in [0.15, 0.2) is 23.1 Å². The first-order chi connectivity index (χ1) is 7.86. The van der Waals surface area contributed by atoms with Crippen LogP contribution in [0.25, 0.3) is 0 Å². The van der Waals surface area contributed by atoms with Gasteiger partial charge in [-0.2, -0.15) is 0 Å². The van der Waals surface area contributed by atoms with Crippen LogP contribution in [0.5, 0.6) is 5.75 Å². The Balaban J connectivity index is 3.03. The van der Waals surface area contributed by atoms with Crippen LogP contribution in [0.3, 0.4) is 0 Å². The summed E-state index contributed by atoms with van der Waals surface area (Å²) < 4.78 is 28.9. The Morgan fingerprint density at radius 3 is 2.47 bits per heavy atom. The molecule has 0 aliphatic heterocycles. The van der Waals surface area contributed by atoms with Gasteiger partial charge in [0.1, 0.15) is 11.5 Å². The van der Waals surface area contributed by atoms with E-state index in [0.29, 0.717) is 11.3 Å². The van der Waals surface area contributed by atoms with Gasteiger partial charge in [-0.3, -0.25) is 4.79 Å². The van der Waals surface area contributed by atoms with Crippen LogP contribution in [-0.4, -0.2) is 27.1 Å². The molecular weight excluding hydrogens is 240 g/mol. The number of benzene rings is 1. The Labute approximate surface area is 102 Å². The molecule has 0 unspecified atom stereocenters. The Morgan fingerprint density at radius 2 is 2.00 bits per heavy atom. The molecule has 0 saturated carbocycles. The van der Waals surface area contributed by atoms with Gasteiger partial charge in [-0.1, -0.05) is 0 Å². The fourth-order valence-corrected chi connectivity index (χ4v) is 3.09. The lowest BCUT2D eigenvalue weighted by molar-refractivity contribution is -0.116. The second kappa shape index (κ2) is 5.31. The van der Waals surface area contributed by atoms with Crippen molar-refractivity contribution >= 4 is 15.6 Å². The molecule has 0 saturated heterocycles. The van der Waals surface area contributed by atoms with E-state index >= 15 is 0 Å². The van der Waals surface area contributed by atoms with Gasteiger partial charge in [-0.05, 0) is 37.6 Å². The van der Waals surface area contributed by atoms with Gasteiger partial charge in [-0.15, -0.1) is 0 Å². The number of rotatable bonds is 5. The highest BCUT2D eigenvalue weighted by atomic mass is 32.2. The minimum Gasteiger partial charge on any atom is -0.497 e.